The average Bonchev–Trinajstić information content (AvgIpc) is 2.64. The van der Waals surface area contributed by atoms with Crippen molar-refractivity contribution in [2.75, 3.05) is 31.1 Å². The van der Waals surface area contributed by atoms with Crippen LogP contribution in [0.2, 0.25) is 0 Å². The molecule has 1 aromatic heterocycles. The zero-order valence-corrected chi connectivity index (χ0v) is 11.2. The zero-order chi connectivity index (χ0) is 12.3. The number of aromatic nitrogens is 2. The fourth-order valence-corrected chi connectivity index (χ4v) is 2.70. The van der Waals surface area contributed by atoms with Crippen LogP contribution in [0, 0.1) is 6.92 Å². The molecule has 0 unspecified atom stereocenters. The molecule has 0 bridgehead atoms. The summed E-state index contributed by atoms with van der Waals surface area (Å²) in [6, 6.07) is 0. The highest BCUT2D eigenvalue weighted by molar-refractivity contribution is 7.09. The van der Waals surface area contributed by atoms with Gasteiger partial charge in [-0.2, -0.15) is 4.37 Å². The van der Waals surface area contributed by atoms with Crippen molar-refractivity contribution in [2.45, 2.75) is 26.7 Å². The third-order valence-corrected chi connectivity index (χ3v) is 3.68. The molecule has 6 heteroatoms. The van der Waals surface area contributed by atoms with Crippen molar-refractivity contribution in [3.63, 3.8) is 0 Å². The summed E-state index contributed by atoms with van der Waals surface area (Å²) >= 11 is 1.38. The average molecular weight is 254 g/mol. The van der Waals surface area contributed by atoms with Crippen LogP contribution in [0.3, 0.4) is 0 Å². The second-order valence-electron chi connectivity index (χ2n) is 4.28. The molecule has 0 atom stereocenters. The summed E-state index contributed by atoms with van der Waals surface area (Å²) in [5.41, 5.74) is 0. The Morgan fingerprint density at radius 2 is 2.24 bits per heavy atom. The van der Waals surface area contributed by atoms with Gasteiger partial charge in [-0.15, -0.1) is 0 Å². The number of rotatable bonds is 3. The monoisotopic (exact) mass is 254 g/mol. The quantitative estimate of drug-likeness (QED) is 0.815. The molecule has 2 rings (SSSR count). The highest BCUT2D eigenvalue weighted by Gasteiger charge is 2.22. The predicted octanol–water partition coefficient (Wildman–Crippen LogP) is 1.30. The summed E-state index contributed by atoms with van der Waals surface area (Å²) in [7, 11) is 0. The fourth-order valence-electron chi connectivity index (χ4n) is 2.00. The van der Waals surface area contributed by atoms with Crippen molar-refractivity contribution in [1.29, 1.82) is 0 Å². The number of carbonyl (C=O) groups excluding carboxylic acids is 1. The highest BCUT2D eigenvalue weighted by Crippen LogP contribution is 2.19. The van der Waals surface area contributed by atoms with E-state index in [1.807, 2.05) is 16.7 Å². The van der Waals surface area contributed by atoms with Crippen LogP contribution in [-0.2, 0) is 4.79 Å². The van der Waals surface area contributed by atoms with E-state index in [0.717, 1.165) is 43.4 Å². The first-order valence-corrected chi connectivity index (χ1v) is 6.81. The van der Waals surface area contributed by atoms with Crippen LogP contribution >= 0.6 is 11.5 Å². The second-order valence-corrected chi connectivity index (χ2v) is 5.01. The molecular weight excluding hydrogens is 236 g/mol. The molecule has 0 spiro atoms. The minimum Gasteiger partial charge on any atom is -0.341 e. The van der Waals surface area contributed by atoms with Gasteiger partial charge in [-0.3, -0.25) is 4.79 Å². The van der Waals surface area contributed by atoms with Crippen LogP contribution in [-0.4, -0.2) is 46.3 Å². The summed E-state index contributed by atoms with van der Waals surface area (Å²) in [6.45, 7) is 7.03. The third kappa shape index (κ3) is 2.94. The maximum absolute atomic E-state index is 12.0. The van der Waals surface area contributed by atoms with E-state index in [-0.39, 0.29) is 5.91 Å². The van der Waals surface area contributed by atoms with Crippen molar-refractivity contribution in [3.05, 3.63) is 5.82 Å². The molecule has 1 aliphatic heterocycles. The van der Waals surface area contributed by atoms with Gasteiger partial charge in [-0.25, -0.2) is 4.98 Å². The normalized spacial score (nSPS) is 17.4. The Kier molecular flexibility index (Phi) is 3.93. The molecule has 94 valence electrons. The van der Waals surface area contributed by atoms with Gasteiger partial charge in [0.05, 0.1) is 6.54 Å². The molecule has 1 fully saturated rings. The van der Waals surface area contributed by atoms with Crippen molar-refractivity contribution in [1.82, 2.24) is 14.3 Å². The summed E-state index contributed by atoms with van der Waals surface area (Å²) in [5.74, 6) is 0.990. The van der Waals surface area contributed by atoms with Gasteiger partial charge in [-0.05, 0) is 19.8 Å². The van der Waals surface area contributed by atoms with E-state index in [4.69, 9.17) is 0 Å². The van der Waals surface area contributed by atoms with Crippen molar-refractivity contribution in [2.24, 2.45) is 0 Å². The minimum absolute atomic E-state index is 0.206. The van der Waals surface area contributed by atoms with Crippen molar-refractivity contribution < 1.29 is 4.79 Å². The minimum atomic E-state index is 0.206. The van der Waals surface area contributed by atoms with Crippen LogP contribution in [0.15, 0.2) is 0 Å². The van der Waals surface area contributed by atoms with Gasteiger partial charge in [0, 0.05) is 31.2 Å². The molecule has 0 N–H and O–H groups in total. The Balaban J connectivity index is 2.05. The predicted molar refractivity (Wildman–Crippen MR) is 68.3 cm³/mol. The van der Waals surface area contributed by atoms with E-state index >= 15 is 0 Å². The Morgan fingerprint density at radius 1 is 1.41 bits per heavy atom. The highest BCUT2D eigenvalue weighted by atomic mass is 32.1. The third-order valence-electron chi connectivity index (χ3n) is 2.82. The second kappa shape index (κ2) is 5.44. The molecule has 2 heterocycles. The van der Waals surface area contributed by atoms with Crippen LogP contribution < -0.4 is 4.90 Å². The summed E-state index contributed by atoms with van der Waals surface area (Å²) < 4.78 is 4.17. The Bertz CT molecular complexity index is 393. The molecule has 0 aliphatic carbocycles. The summed E-state index contributed by atoms with van der Waals surface area (Å²) in [4.78, 5) is 20.4. The lowest BCUT2D eigenvalue weighted by Gasteiger charge is -2.20. The van der Waals surface area contributed by atoms with E-state index < -0.39 is 0 Å². The lowest BCUT2D eigenvalue weighted by molar-refractivity contribution is -0.129. The Labute approximate surface area is 106 Å². The molecule has 1 aromatic rings. The van der Waals surface area contributed by atoms with E-state index in [2.05, 4.69) is 16.3 Å². The number of carbonyl (C=O) groups is 1. The summed E-state index contributed by atoms with van der Waals surface area (Å²) in [6.07, 6.45) is 2.02. The van der Waals surface area contributed by atoms with Gasteiger partial charge in [0.1, 0.15) is 5.82 Å². The van der Waals surface area contributed by atoms with Gasteiger partial charge in [0.25, 0.3) is 0 Å². The van der Waals surface area contributed by atoms with Gasteiger partial charge < -0.3 is 9.80 Å². The standard InChI is InChI=1S/C11H18N4OS/c1-3-5-14-6-4-7-15(8-10(14)16)11-12-9(2)13-17-11/h3-8H2,1-2H3. The van der Waals surface area contributed by atoms with Crippen molar-refractivity contribution >= 4 is 22.6 Å². The largest absolute Gasteiger partial charge is 0.341 e. The first kappa shape index (κ1) is 12.3. The topological polar surface area (TPSA) is 49.3 Å². The number of hydrogen-bond acceptors (Lipinski definition) is 5. The van der Waals surface area contributed by atoms with Crippen molar-refractivity contribution in [3.8, 4) is 0 Å². The van der Waals surface area contributed by atoms with E-state index in [1.54, 1.807) is 0 Å². The zero-order valence-electron chi connectivity index (χ0n) is 10.3. The number of amides is 1. The van der Waals surface area contributed by atoms with E-state index in [0.29, 0.717) is 6.54 Å². The molecule has 0 aromatic carbocycles. The number of nitrogens with zero attached hydrogens (tertiary/aromatic N) is 4. The first-order chi connectivity index (χ1) is 8.20. The van der Waals surface area contributed by atoms with Gasteiger partial charge >= 0.3 is 0 Å². The van der Waals surface area contributed by atoms with E-state index in [1.165, 1.54) is 11.5 Å². The number of anilines is 1. The molecule has 1 aliphatic rings. The smallest absolute Gasteiger partial charge is 0.242 e. The molecule has 1 amide bonds. The van der Waals surface area contributed by atoms with Crippen LogP contribution in [0.25, 0.3) is 0 Å². The molecule has 5 nitrogen and oxygen atoms in total. The Hall–Kier alpha value is -1.17. The first-order valence-electron chi connectivity index (χ1n) is 6.03. The maximum Gasteiger partial charge on any atom is 0.242 e. The molecule has 17 heavy (non-hydrogen) atoms. The lowest BCUT2D eigenvalue weighted by atomic mass is 10.3. The number of aryl methyl sites for hydroxylation is 1. The molecule has 0 saturated carbocycles. The van der Waals surface area contributed by atoms with Gasteiger partial charge in [0.2, 0.25) is 11.0 Å². The molecule has 1 saturated heterocycles. The van der Waals surface area contributed by atoms with Gasteiger partial charge in [0.15, 0.2) is 0 Å². The lowest BCUT2D eigenvalue weighted by Crippen LogP contribution is -2.37. The molecule has 0 radical (unpaired) electrons. The number of hydrogen-bond donors (Lipinski definition) is 0. The van der Waals surface area contributed by atoms with Gasteiger partial charge in [-0.1, -0.05) is 6.92 Å². The molecular formula is C11H18N4OS. The van der Waals surface area contributed by atoms with Crippen LogP contribution in [0.4, 0.5) is 5.13 Å². The van der Waals surface area contributed by atoms with E-state index in [9.17, 15) is 4.79 Å². The maximum atomic E-state index is 12.0. The fraction of sp³-hybridized carbons (Fsp3) is 0.727. The van der Waals surface area contributed by atoms with Crippen LogP contribution in [0.1, 0.15) is 25.6 Å². The Morgan fingerprint density at radius 3 is 2.88 bits per heavy atom. The SMILES string of the molecule is CCCN1CCCN(c2nc(C)ns2)CC1=O. The van der Waals surface area contributed by atoms with Crippen LogP contribution in [0.5, 0.6) is 0 Å². The summed E-state index contributed by atoms with van der Waals surface area (Å²) in [5, 5.41) is 0.870.